The summed E-state index contributed by atoms with van der Waals surface area (Å²) in [5.41, 5.74) is 0.0508. The van der Waals surface area contributed by atoms with Crippen LogP contribution in [0.1, 0.15) is 31.4 Å². The lowest BCUT2D eigenvalue weighted by atomic mass is 9.64. The van der Waals surface area contributed by atoms with E-state index in [1.54, 1.807) is 21.0 Å². The predicted octanol–water partition coefficient (Wildman–Crippen LogP) is 2.81. The Kier molecular flexibility index (Phi) is 3.57. The number of rotatable bonds is 3. The van der Waals surface area contributed by atoms with Crippen LogP contribution < -0.4 is 9.80 Å². The van der Waals surface area contributed by atoms with E-state index in [9.17, 15) is 14.4 Å². The maximum Gasteiger partial charge on any atom is 0.245 e. The third-order valence-electron chi connectivity index (χ3n) is 6.30. The monoisotopic (exact) mass is 362 g/mol. The molecule has 2 aliphatic heterocycles. The number of fused-ring (bicyclic) bond motifs is 2. The van der Waals surface area contributed by atoms with Crippen LogP contribution in [0.25, 0.3) is 0 Å². The lowest BCUT2D eigenvalue weighted by Gasteiger charge is -2.33. The lowest BCUT2D eigenvalue weighted by molar-refractivity contribution is -0.141. The molecule has 2 atom stereocenters. The van der Waals surface area contributed by atoms with Crippen LogP contribution in [0, 0.1) is 0 Å². The second kappa shape index (κ2) is 5.52. The fourth-order valence-corrected chi connectivity index (χ4v) is 4.75. The van der Waals surface area contributed by atoms with Crippen molar-refractivity contribution in [2.75, 3.05) is 23.9 Å². The first-order chi connectivity index (χ1) is 12.8. The van der Waals surface area contributed by atoms with E-state index >= 15 is 0 Å². The largest absolute Gasteiger partial charge is 0.314 e. The van der Waals surface area contributed by atoms with Crippen molar-refractivity contribution in [2.45, 2.75) is 31.1 Å². The van der Waals surface area contributed by atoms with E-state index in [1.165, 1.54) is 9.80 Å². The van der Waals surface area contributed by atoms with Gasteiger partial charge in [0.2, 0.25) is 11.8 Å². The highest BCUT2D eigenvalue weighted by Gasteiger charge is 2.63. The van der Waals surface area contributed by atoms with Crippen LogP contribution in [0.15, 0.2) is 48.5 Å². The standard InChI is InChI=1S/C22H22N2O3/c1-5-22(15-11-7-9-13-17(15)24(4)20(22)27)18(25)21(2)14-10-6-8-12-16(14)23(3)19(21)26/h6-13H,5H2,1-4H3/t21-,22+/m1/s1. The molecule has 0 saturated heterocycles. The van der Waals surface area contributed by atoms with Gasteiger partial charge in [0, 0.05) is 25.5 Å². The Labute approximate surface area is 158 Å². The number of ketones is 1. The number of likely N-dealkylation sites (N-methyl/N-ethyl adjacent to an activating group) is 2. The Morgan fingerprint density at radius 2 is 1.33 bits per heavy atom. The summed E-state index contributed by atoms with van der Waals surface area (Å²) in [6.07, 6.45) is 0.306. The second-order valence-corrected chi connectivity index (χ2v) is 7.48. The summed E-state index contributed by atoms with van der Waals surface area (Å²) in [4.78, 5) is 43.7. The molecule has 0 bridgehead atoms. The first-order valence-corrected chi connectivity index (χ1v) is 9.12. The highest BCUT2D eigenvalue weighted by Crippen LogP contribution is 2.51. The van der Waals surface area contributed by atoms with Gasteiger partial charge in [-0.1, -0.05) is 43.3 Å². The van der Waals surface area contributed by atoms with E-state index in [2.05, 4.69) is 0 Å². The number of nitrogens with zero attached hydrogens (tertiary/aromatic N) is 2. The summed E-state index contributed by atoms with van der Waals surface area (Å²) in [6.45, 7) is 3.50. The summed E-state index contributed by atoms with van der Waals surface area (Å²) in [5, 5.41) is 0. The predicted molar refractivity (Wildman–Crippen MR) is 104 cm³/mol. The number of benzene rings is 2. The van der Waals surface area contributed by atoms with Crippen molar-refractivity contribution in [2.24, 2.45) is 0 Å². The molecule has 2 aromatic rings. The number of carbonyl (C=O) groups is 3. The molecule has 0 fully saturated rings. The Balaban J connectivity index is 1.97. The van der Waals surface area contributed by atoms with Gasteiger partial charge in [0.05, 0.1) is 0 Å². The van der Waals surface area contributed by atoms with Gasteiger partial charge in [-0.05, 0) is 36.6 Å². The summed E-state index contributed by atoms with van der Waals surface area (Å²) < 4.78 is 0. The normalized spacial score (nSPS) is 26.4. The Morgan fingerprint density at radius 1 is 0.852 bits per heavy atom. The van der Waals surface area contributed by atoms with Gasteiger partial charge in [0.1, 0.15) is 10.8 Å². The van der Waals surface area contributed by atoms with Crippen LogP contribution in [0.2, 0.25) is 0 Å². The topological polar surface area (TPSA) is 57.7 Å². The van der Waals surface area contributed by atoms with Crippen molar-refractivity contribution < 1.29 is 14.4 Å². The maximum atomic E-state index is 14.1. The maximum absolute atomic E-state index is 14.1. The number of amides is 2. The quantitative estimate of drug-likeness (QED) is 0.789. The third-order valence-corrected chi connectivity index (χ3v) is 6.30. The van der Waals surface area contributed by atoms with Gasteiger partial charge in [-0.25, -0.2) is 0 Å². The Morgan fingerprint density at radius 3 is 1.93 bits per heavy atom. The first-order valence-electron chi connectivity index (χ1n) is 9.12. The number of Topliss-reactive ketones (excluding diaryl/α,β-unsaturated/α-hetero) is 1. The van der Waals surface area contributed by atoms with E-state index in [4.69, 9.17) is 0 Å². The number of anilines is 2. The van der Waals surface area contributed by atoms with Crippen LogP contribution in [0.3, 0.4) is 0 Å². The van der Waals surface area contributed by atoms with E-state index in [-0.39, 0.29) is 17.6 Å². The molecular formula is C22H22N2O3. The minimum Gasteiger partial charge on any atom is -0.314 e. The molecule has 0 saturated carbocycles. The van der Waals surface area contributed by atoms with E-state index in [0.717, 1.165) is 11.4 Å². The zero-order valence-corrected chi connectivity index (χ0v) is 15.9. The van der Waals surface area contributed by atoms with Crippen LogP contribution in [0.4, 0.5) is 11.4 Å². The molecule has 0 spiro atoms. The van der Waals surface area contributed by atoms with Crippen molar-refractivity contribution in [1.82, 2.24) is 0 Å². The lowest BCUT2D eigenvalue weighted by Crippen LogP contribution is -2.55. The highest BCUT2D eigenvalue weighted by atomic mass is 16.2. The number of para-hydroxylation sites is 2. The fraction of sp³-hybridized carbons (Fsp3) is 0.318. The minimum atomic E-state index is -1.39. The summed E-state index contributed by atoms with van der Waals surface area (Å²) in [7, 11) is 3.36. The minimum absolute atomic E-state index is 0.266. The molecule has 5 heteroatoms. The molecule has 4 rings (SSSR count). The van der Waals surface area contributed by atoms with Crippen LogP contribution >= 0.6 is 0 Å². The van der Waals surface area contributed by atoms with Gasteiger partial charge in [0.25, 0.3) is 0 Å². The van der Waals surface area contributed by atoms with Crippen molar-refractivity contribution in [1.29, 1.82) is 0 Å². The SMILES string of the molecule is CC[C@]1(C(=O)[C@]2(C)C(=O)N(C)c3ccccc32)C(=O)N(C)c2ccccc21. The van der Waals surface area contributed by atoms with Crippen LogP contribution in [0.5, 0.6) is 0 Å². The number of hydrogen-bond donors (Lipinski definition) is 0. The molecule has 0 aliphatic carbocycles. The van der Waals surface area contributed by atoms with Crippen molar-refractivity contribution in [3.8, 4) is 0 Å². The van der Waals surface area contributed by atoms with Gasteiger partial charge in [0.15, 0.2) is 5.78 Å². The molecule has 0 aromatic heterocycles. The van der Waals surface area contributed by atoms with Gasteiger partial charge < -0.3 is 9.80 Å². The molecule has 0 N–H and O–H groups in total. The highest BCUT2D eigenvalue weighted by molar-refractivity contribution is 6.32. The van der Waals surface area contributed by atoms with Crippen LogP contribution in [-0.2, 0) is 25.2 Å². The zero-order valence-electron chi connectivity index (χ0n) is 15.9. The molecule has 138 valence electrons. The molecule has 0 radical (unpaired) electrons. The third kappa shape index (κ3) is 1.86. The molecule has 2 aliphatic rings. The number of hydrogen-bond acceptors (Lipinski definition) is 3. The first kappa shape index (κ1) is 17.5. The molecule has 2 amide bonds. The van der Waals surface area contributed by atoms with Gasteiger partial charge in [-0.15, -0.1) is 0 Å². The zero-order chi connectivity index (χ0) is 19.6. The smallest absolute Gasteiger partial charge is 0.245 e. The van der Waals surface area contributed by atoms with Crippen molar-refractivity contribution >= 4 is 29.0 Å². The molecule has 27 heavy (non-hydrogen) atoms. The fourth-order valence-electron chi connectivity index (χ4n) is 4.75. The van der Waals surface area contributed by atoms with Crippen molar-refractivity contribution in [3.05, 3.63) is 59.7 Å². The summed E-state index contributed by atoms with van der Waals surface area (Å²) in [6, 6.07) is 14.7. The average Bonchev–Trinajstić information content (AvgIpc) is 3.04. The average molecular weight is 362 g/mol. The Bertz CT molecular complexity index is 999. The Hall–Kier alpha value is -2.95. The molecule has 0 unspecified atom stereocenters. The second-order valence-electron chi connectivity index (χ2n) is 7.48. The van der Waals surface area contributed by atoms with Crippen LogP contribution in [-0.4, -0.2) is 31.7 Å². The summed E-state index contributed by atoms with van der Waals surface area (Å²) in [5.74, 6) is -0.903. The van der Waals surface area contributed by atoms with E-state index < -0.39 is 10.8 Å². The van der Waals surface area contributed by atoms with Gasteiger partial charge in [-0.3, -0.25) is 14.4 Å². The number of carbonyl (C=O) groups excluding carboxylic acids is 3. The molecule has 2 heterocycles. The molecule has 2 aromatic carbocycles. The molecule has 5 nitrogen and oxygen atoms in total. The van der Waals surface area contributed by atoms with Crippen molar-refractivity contribution in [3.63, 3.8) is 0 Å². The van der Waals surface area contributed by atoms with Gasteiger partial charge >= 0.3 is 0 Å². The molecular weight excluding hydrogens is 340 g/mol. The van der Waals surface area contributed by atoms with E-state index in [1.807, 2.05) is 55.5 Å². The van der Waals surface area contributed by atoms with E-state index in [0.29, 0.717) is 17.5 Å². The van der Waals surface area contributed by atoms with Gasteiger partial charge in [-0.2, -0.15) is 0 Å². The summed E-state index contributed by atoms with van der Waals surface area (Å²) >= 11 is 0.